The van der Waals surface area contributed by atoms with E-state index >= 15 is 0 Å². The number of para-hydroxylation sites is 2. The lowest BCUT2D eigenvalue weighted by Gasteiger charge is -2.29. The van der Waals surface area contributed by atoms with Crippen molar-refractivity contribution < 1.29 is 23.0 Å². The highest BCUT2D eigenvalue weighted by molar-refractivity contribution is 5.92. The lowest BCUT2D eigenvalue weighted by molar-refractivity contribution is -0.0493. The number of urea groups is 1. The number of nitrogens with zero attached hydrogens (tertiary/aromatic N) is 1. The largest absolute Gasteiger partial charge is 0.496 e. The average molecular weight is 419 g/mol. The molecule has 0 radical (unpaired) electrons. The van der Waals surface area contributed by atoms with Gasteiger partial charge in [-0.3, -0.25) is 4.90 Å². The number of likely N-dealkylation sites (tertiary alicyclic amines) is 1. The maximum atomic E-state index is 12.7. The molecule has 162 valence electrons. The van der Waals surface area contributed by atoms with Crippen LogP contribution >= 0.6 is 0 Å². The van der Waals surface area contributed by atoms with Crippen LogP contribution in [0.5, 0.6) is 11.5 Å². The summed E-state index contributed by atoms with van der Waals surface area (Å²) < 4.78 is 35.4. The van der Waals surface area contributed by atoms with Crippen molar-refractivity contribution in [2.45, 2.75) is 32.4 Å². The Bertz CT molecular complexity index is 857. The lowest BCUT2D eigenvalue weighted by Crippen LogP contribution is -2.39. The third-order valence-electron chi connectivity index (χ3n) is 5.22. The number of anilines is 1. The van der Waals surface area contributed by atoms with Gasteiger partial charge >= 0.3 is 12.6 Å². The Morgan fingerprint density at radius 2 is 1.80 bits per heavy atom. The van der Waals surface area contributed by atoms with Crippen molar-refractivity contribution >= 4 is 11.7 Å². The number of carbonyl (C=O) groups excluding carboxylic acids is 1. The molecule has 1 aliphatic heterocycles. The van der Waals surface area contributed by atoms with Gasteiger partial charge in [-0.15, -0.1) is 0 Å². The summed E-state index contributed by atoms with van der Waals surface area (Å²) in [5.41, 5.74) is 1.86. The summed E-state index contributed by atoms with van der Waals surface area (Å²) in [7, 11) is 1.63. The molecule has 0 bridgehead atoms. The molecule has 1 saturated heterocycles. The molecule has 3 rings (SSSR count). The highest BCUT2D eigenvalue weighted by atomic mass is 19.3. The van der Waals surface area contributed by atoms with E-state index in [9.17, 15) is 13.6 Å². The van der Waals surface area contributed by atoms with Crippen LogP contribution in [0.25, 0.3) is 0 Å². The lowest BCUT2D eigenvalue weighted by atomic mass is 10.0. The smallest absolute Gasteiger partial charge is 0.387 e. The number of hydrogen-bond acceptors (Lipinski definition) is 4. The first kappa shape index (κ1) is 21.8. The minimum atomic E-state index is -2.97. The number of methoxy groups -OCH3 is 1. The number of ether oxygens (including phenoxy) is 2. The highest BCUT2D eigenvalue weighted by Gasteiger charge is 2.26. The van der Waals surface area contributed by atoms with E-state index in [1.807, 2.05) is 24.3 Å². The van der Waals surface area contributed by atoms with Gasteiger partial charge in [0.15, 0.2) is 0 Å². The van der Waals surface area contributed by atoms with Gasteiger partial charge in [0.05, 0.1) is 18.8 Å². The second-order valence-corrected chi connectivity index (χ2v) is 7.16. The van der Waals surface area contributed by atoms with E-state index in [0.29, 0.717) is 12.1 Å². The molecule has 0 aliphatic carbocycles. The molecule has 2 aromatic carbocycles. The van der Waals surface area contributed by atoms with E-state index in [-0.39, 0.29) is 17.5 Å². The predicted molar refractivity (Wildman–Crippen MR) is 111 cm³/mol. The van der Waals surface area contributed by atoms with Gasteiger partial charge in [-0.05, 0) is 50.6 Å². The molecule has 1 unspecified atom stereocenters. The van der Waals surface area contributed by atoms with Crippen molar-refractivity contribution in [2.24, 2.45) is 0 Å². The number of nitrogens with one attached hydrogen (secondary N) is 2. The molecule has 1 heterocycles. The summed E-state index contributed by atoms with van der Waals surface area (Å²) in [6, 6.07) is 11.9. The van der Waals surface area contributed by atoms with Crippen LogP contribution in [0, 0.1) is 6.92 Å². The molecule has 1 fully saturated rings. The van der Waals surface area contributed by atoms with Gasteiger partial charge in [-0.1, -0.05) is 30.3 Å². The van der Waals surface area contributed by atoms with Crippen molar-refractivity contribution in [1.82, 2.24) is 10.2 Å². The summed E-state index contributed by atoms with van der Waals surface area (Å²) in [6.45, 7) is 0.978. The number of alkyl halides is 2. The van der Waals surface area contributed by atoms with Crippen molar-refractivity contribution in [1.29, 1.82) is 0 Å². The molecule has 8 heteroatoms. The first-order valence-corrected chi connectivity index (χ1v) is 9.96. The van der Waals surface area contributed by atoms with Gasteiger partial charge in [0.2, 0.25) is 0 Å². The van der Waals surface area contributed by atoms with E-state index in [0.717, 1.165) is 37.2 Å². The zero-order chi connectivity index (χ0) is 21.5. The van der Waals surface area contributed by atoms with Crippen molar-refractivity contribution in [3.8, 4) is 11.5 Å². The summed E-state index contributed by atoms with van der Waals surface area (Å²) in [6.07, 6.45) is 2.21. The normalized spacial score (nSPS) is 15.1. The van der Waals surface area contributed by atoms with Crippen molar-refractivity contribution in [3.05, 3.63) is 53.6 Å². The SMILES string of the molecule is COc1ccccc1C(CNC(=O)Nc1c(C)cccc1OC(F)F)N1CCCC1. The molecule has 1 aliphatic rings. The van der Waals surface area contributed by atoms with Gasteiger partial charge in [0, 0.05) is 12.1 Å². The van der Waals surface area contributed by atoms with E-state index in [1.165, 1.54) is 6.07 Å². The molecular weight excluding hydrogens is 392 g/mol. The number of hydrogen-bond donors (Lipinski definition) is 2. The first-order valence-electron chi connectivity index (χ1n) is 9.96. The minimum absolute atomic E-state index is 0.0527. The van der Waals surface area contributed by atoms with E-state index in [2.05, 4.69) is 20.3 Å². The summed E-state index contributed by atoms with van der Waals surface area (Å²) >= 11 is 0. The van der Waals surface area contributed by atoms with E-state index in [1.54, 1.807) is 26.2 Å². The van der Waals surface area contributed by atoms with E-state index < -0.39 is 12.6 Å². The molecule has 2 N–H and O–H groups in total. The monoisotopic (exact) mass is 419 g/mol. The Labute approximate surface area is 175 Å². The van der Waals surface area contributed by atoms with E-state index in [4.69, 9.17) is 4.74 Å². The molecule has 1 atom stereocenters. The predicted octanol–water partition coefficient (Wildman–Crippen LogP) is 4.56. The maximum Gasteiger partial charge on any atom is 0.387 e. The number of benzene rings is 2. The van der Waals surface area contributed by atoms with Crippen LogP contribution in [0.4, 0.5) is 19.3 Å². The number of halogens is 2. The Kier molecular flexibility index (Phi) is 7.46. The summed E-state index contributed by atoms with van der Waals surface area (Å²) in [5, 5.41) is 5.53. The third kappa shape index (κ3) is 5.38. The Morgan fingerprint density at radius 3 is 2.50 bits per heavy atom. The second kappa shape index (κ2) is 10.2. The summed E-state index contributed by atoms with van der Waals surface area (Å²) in [4.78, 5) is 14.9. The first-order chi connectivity index (χ1) is 14.5. The van der Waals surface area contributed by atoms with Gasteiger partial charge in [0.25, 0.3) is 0 Å². The minimum Gasteiger partial charge on any atom is -0.496 e. The number of amides is 2. The fourth-order valence-corrected chi connectivity index (χ4v) is 3.77. The number of rotatable bonds is 8. The molecule has 0 spiro atoms. The Balaban J connectivity index is 1.73. The maximum absolute atomic E-state index is 12.7. The van der Waals surface area contributed by atoms with Gasteiger partial charge < -0.3 is 20.1 Å². The highest BCUT2D eigenvalue weighted by Crippen LogP contribution is 2.32. The number of carbonyl (C=O) groups is 1. The third-order valence-corrected chi connectivity index (χ3v) is 5.22. The fraction of sp³-hybridized carbons (Fsp3) is 0.409. The Hall–Kier alpha value is -2.87. The second-order valence-electron chi connectivity index (χ2n) is 7.16. The fourth-order valence-electron chi connectivity index (χ4n) is 3.77. The standard InChI is InChI=1S/C22H27F2N3O3/c1-15-8-7-11-19(30-21(23)24)20(15)26-22(28)25-14-17(27-12-5-6-13-27)16-9-3-4-10-18(16)29-2/h3-4,7-11,17,21H,5-6,12-14H2,1-2H3,(H2,25,26,28). The molecule has 6 nitrogen and oxygen atoms in total. The quantitative estimate of drug-likeness (QED) is 0.658. The molecular formula is C22H27F2N3O3. The van der Waals surface area contributed by atoms with Crippen LogP contribution in [-0.4, -0.2) is 44.3 Å². The van der Waals surface area contributed by atoms with Gasteiger partial charge in [-0.25, -0.2) is 4.79 Å². The van der Waals surface area contributed by atoms with Crippen LogP contribution < -0.4 is 20.1 Å². The summed E-state index contributed by atoms with van der Waals surface area (Å²) in [5.74, 6) is 0.698. The van der Waals surface area contributed by atoms with Crippen molar-refractivity contribution in [2.75, 3.05) is 32.1 Å². The van der Waals surface area contributed by atoms with Crippen LogP contribution in [-0.2, 0) is 0 Å². The molecule has 0 saturated carbocycles. The number of aryl methyl sites for hydroxylation is 1. The molecule has 2 amide bonds. The Morgan fingerprint density at radius 1 is 1.10 bits per heavy atom. The van der Waals surface area contributed by atoms with Crippen LogP contribution in [0.15, 0.2) is 42.5 Å². The zero-order valence-electron chi connectivity index (χ0n) is 17.2. The van der Waals surface area contributed by atoms with Gasteiger partial charge in [0.1, 0.15) is 11.5 Å². The molecule has 30 heavy (non-hydrogen) atoms. The van der Waals surface area contributed by atoms with Crippen LogP contribution in [0.1, 0.15) is 30.0 Å². The molecule has 0 aromatic heterocycles. The van der Waals surface area contributed by atoms with Gasteiger partial charge in [-0.2, -0.15) is 8.78 Å². The topological polar surface area (TPSA) is 62.8 Å². The molecule has 2 aromatic rings. The zero-order valence-corrected chi connectivity index (χ0v) is 17.2. The van der Waals surface area contributed by atoms with Crippen LogP contribution in [0.2, 0.25) is 0 Å². The van der Waals surface area contributed by atoms with Crippen LogP contribution in [0.3, 0.4) is 0 Å². The average Bonchev–Trinajstić information content (AvgIpc) is 3.25. The van der Waals surface area contributed by atoms with Crippen molar-refractivity contribution in [3.63, 3.8) is 0 Å².